The summed E-state index contributed by atoms with van der Waals surface area (Å²) in [7, 11) is -3.47. The number of likely N-dealkylation sites (tertiary alicyclic amines) is 1. The highest BCUT2D eigenvalue weighted by molar-refractivity contribution is 7.89. The minimum absolute atomic E-state index is 0.228. The molecule has 0 aromatic heterocycles. The van der Waals surface area contributed by atoms with Crippen LogP contribution in [-0.4, -0.2) is 39.5 Å². The van der Waals surface area contributed by atoms with Crippen molar-refractivity contribution >= 4 is 10.0 Å². The zero-order valence-electron chi connectivity index (χ0n) is 12.6. The maximum absolute atomic E-state index is 12.4. The molecule has 118 valence electrons. The molecule has 0 amide bonds. The van der Waals surface area contributed by atoms with Crippen molar-refractivity contribution in [1.82, 2.24) is 9.62 Å². The molecule has 0 unspecified atom stereocenters. The number of piperidine rings is 1. The van der Waals surface area contributed by atoms with Gasteiger partial charge in [-0.1, -0.05) is 25.1 Å². The summed E-state index contributed by atoms with van der Waals surface area (Å²) in [4.78, 5) is 2.70. The van der Waals surface area contributed by atoms with Crippen molar-refractivity contribution in [1.29, 1.82) is 0 Å². The number of nitrogens with two attached hydrogens (primary N) is 1. The van der Waals surface area contributed by atoms with Crippen LogP contribution in [0.15, 0.2) is 29.2 Å². The van der Waals surface area contributed by atoms with Gasteiger partial charge in [0.1, 0.15) is 0 Å². The molecule has 0 atom stereocenters. The lowest BCUT2D eigenvalue weighted by molar-refractivity contribution is 0.193. The number of hydrogen-bond donors (Lipinski definition) is 2. The van der Waals surface area contributed by atoms with Crippen LogP contribution in [-0.2, 0) is 16.6 Å². The van der Waals surface area contributed by atoms with E-state index in [9.17, 15) is 8.42 Å². The second kappa shape index (κ2) is 7.35. The summed E-state index contributed by atoms with van der Waals surface area (Å²) in [6.07, 6.45) is 2.10. The summed E-state index contributed by atoms with van der Waals surface area (Å²) in [5.74, 6) is 0.424. The Hall–Kier alpha value is -0.950. The van der Waals surface area contributed by atoms with Gasteiger partial charge in [0.2, 0.25) is 10.0 Å². The molecule has 0 saturated carbocycles. The SMILES string of the molecule is CCN1CCC(CNS(=O)(=O)c2ccccc2CN)CC1. The van der Waals surface area contributed by atoms with E-state index in [1.807, 2.05) is 6.07 Å². The number of sulfonamides is 1. The van der Waals surface area contributed by atoms with Crippen LogP contribution in [0.2, 0.25) is 0 Å². The molecule has 0 spiro atoms. The van der Waals surface area contributed by atoms with Gasteiger partial charge in [0.05, 0.1) is 4.90 Å². The average molecular weight is 311 g/mol. The Morgan fingerprint density at radius 1 is 1.29 bits per heavy atom. The first-order valence-corrected chi connectivity index (χ1v) is 9.05. The Morgan fingerprint density at radius 3 is 2.57 bits per heavy atom. The maximum Gasteiger partial charge on any atom is 0.240 e. The van der Waals surface area contributed by atoms with Gasteiger partial charge in [-0.2, -0.15) is 0 Å². The van der Waals surface area contributed by atoms with E-state index in [-0.39, 0.29) is 6.54 Å². The first-order chi connectivity index (χ1) is 10.1. The van der Waals surface area contributed by atoms with Crippen molar-refractivity contribution < 1.29 is 8.42 Å². The van der Waals surface area contributed by atoms with Gasteiger partial charge < -0.3 is 10.6 Å². The molecule has 0 aliphatic carbocycles. The Balaban J connectivity index is 1.96. The fourth-order valence-electron chi connectivity index (χ4n) is 2.75. The highest BCUT2D eigenvalue weighted by Gasteiger charge is 2.22. The van der Waals surface area contributed by atoms with Gasteiger partial charge in [0.25, 0.3) is 0 Å². The number of nitrogens with zero attached hydrogens (tertiary/aromatic N) is 1. The first kappa shape index (κ1) is 16.4. The Morgan fingerprint density at radius 2 is 1.95 bits per heavy atom. The molecule has 0 bridgehead atoms. The van der Waals surface area contributed by atoms with E-state index < -0.39 is 10.0 Å². The van der Waals surface area contributed by atoms with Gasteiger partial charge in [-0.05, 0) is 50.0 Å². The highest BCUT2D eigenvalue weighted by atomic mass is 32.2. The van der Waals surface area contributed by atoms with Crippen LogP contribution < -0.4 is 10.5 Å². The molecule has 2 rings (SSSR count). The maximum atomic E-state index is 12.4. The topological polar surface area (TPSA) is 75.4 Å². The normalized spacial score (nSPS) is 18.0. The molecule has 5 nitrogen and oxygen atoms in total. The molecule has 6 heteroatoms. The third-order valence-corrected chi connectivity index (χ3v) is 5.72. The minimum Gasteiger partial charge on any atom is -0.326 e. The van der Waals surface area contributed by atoms with Gasteiger partial charge in [-0.15, -0.1) is 0 Å². The number of hydrogen-bond acceptors (Lipinski definition) is 4. The molecule has 1 aromatic rings. The predicted molar refractivity (Wildman–Crippen MR) is 84.4 cm³/mol. The summed E-state index contributed by atoms with van der Waals surface area (Å²) in [6.45, 7) is 6.09. The zero-order valence-corrected chi connectivity index (χ0v) is 13.4. The van der Waals surface area contributed by atoms with Crippen LogP contribution in [0.3, 0.4) is 0 Å². The number of nitrogens with one attached hydrogen (secondary N) is 1. The molecule has 0 radical (unpaired) electrons. The largest absolute Gasteiger partial charge is 0.326 e. The lowest BCUT2D eigenvalue weighted by Crippen LogP contribution is -2.38. The van der Waals surface area contributed by atoms with Crippen molar-refractivity contribution in [3.63, 3.8) is 0 Å². The lowest BCUT2D eigenvalue weighted by atomic mass is 9.97. The molecule has 1 saturated heterocycles. The molecule has 1 aromatic carbocycles. The molecule has 1 fully saturated rings. The Kier molecular flexibility index (Phi) is 5.75. The van der Waals surface area contributed by atoms with Crippen LogP contribution in [0.25, 0.3) is 0 Å². The van der Waals surface area contributed by atoms with Crippen molar-refractivity contribution in [2.24, 2.45) is 11.7 Å². The van der Waals surface area contributed by atoms with Gasteiger partial charge in [-0.25, -0.2) is 13.1 Å². The highest BCUT2D eigenvalue weighted by Crippen LogP contribution is 2.18. The third-order valence-electron chi connectivity index (χ3n) is 4.20. The fraction of sp³-hybridized carbons (Fsp3) is 0.600. The van der Waals surface area contributed by atoms with Crippen molar-refractivity contribution in [3.05, 3.63) is 29.8 Å². The standard InChI is InChI=1S/C15H25N3O2S/c1-2-18-9-7-13(8-10-18)12-17-21(19,20)15-6-4-3-5-14(15)11-16/h3-6,13,17H,2,7-12,16H2,1H3. The van der Waals surface area contributed by atoms with Crippen molar-refractivity contribution in [3.8, 4) is 0 Å². The molecular weight excluding hydrogens is 286 g/mol. The Bertz CT molecular complexity index is 552. The second-order valence-corrected chi connectivity index (χ2v) is 7.28. The first-order valence-electron chi connectivity index (χ1n) is 7.56. The monoisotopic (exact) mass is 311 g/mol. The van der Waals surface area contributed by atoms with Crippen LogP contribution in [0.5, 0.6) is 0 Å². The van der Waals surface area contributed by atoms with Gasteiger partial charge in [-0.3, -0.25) is 0 Å². The molecule has 1 aliphatic rings. The molecule has 1 aliphatic heterocycles. The second-order valence-electron chi connectivity index (χ2n) is 5.54. The van der Waals surface area contributed by atoms with Crippen LogP contribution in [0, 0.1) is 5.92 Å². The molecular formula is C15H25N3O2S. The van der Waals surface area contributed by atoms with E-state index in [4.69, 9.17) is 5.73 Å². The quantitative estimate of drug-likeness (QED) is 0.826. The van der Waals surface area contributed by atoms with E-state index in [2.05, 4.69) is 16.5 Å². The van der Waals surface area contributed by atoms with E-state index in [0.29, 0.717) is 22.9 Å². The Labute approximate surface area is 127 Å². The lowest BCUT2D eigenvalue weighted by Gasteiger charge is -2.31. The van der Waals surface area contributed by atoms with Crippen LogP contribution >= 0.6 is 0 Å². The van der Waals surface area contributed by atoms with E-state index in [1.54, 1.807) is 18.2 Å². The molecule has 3 N–H and O–H groups in total. The minimum atomic E-state index is -3.47. The van der Waals surface area contributed by atoms with Crippen LogP contribution in [0.4, 0.5) is 0 Å². The molecule has 21 heavy (non-hydrogen) atoms. The summed E-state index contributed by atoms with van der Waals surface area (Å²) >= 11 is 0. The van der Waals surface area contributed by atoms with Crippen molar-refractivity contribution in [2.75, 3.05) is 26.2 Å². The fourth-order valence-corrected chi connectivity index (χ4v) is 4.11. The number of benzene rings is 1. The van der Waals surface area contributed by atoms with E-state index in [0.717, 1.165) is 32.5 Å². The van der Waals surface area contributed by atoms with Crippen molar-refractivity contribution in [2.45, 2.75) is 31.2 Å². The summed E-state index contributed by atoms with van der Waals surface area (Å²) in [5.41, 5.74) is 6.28. The summed E-state index contributed by atoms with van der Waals surface area (Å²) < 4.78 is 27.5. The van der Waals surface area contributed by atoms with Gasteiger partial charge in [0, 0.05) is 13.1 Å². The molecule has 1 heterocycles. The summed E-state index contributed by atoms with van der Waals surface area (Å²) in [5, 5.41) is 0. The van der Waals surface area contributed by atoms with Gasteiger partial charge in [0.15, 0.2) is 0 Å². The number of rotatable bonds is 6. The predicted octanol–water partition coefficient (Wildman–Crippen LogP) is 1.16. The summed E-state index contributed by atoms with van der Waals surface area (Å²) in [6, 6.07) is 6.91. The van der Waals surface area contributed by atoms with Gasteiger partial charge >= 0.3 is 0 Å². The van der Waals surface area contributed by atoms with E-state index >= 15 is 0 Å². The third kappa shape index (κ3) is 4.26. The smallest absolute Gasteiger partial charge is 0.240 e. The van der Waals surface area contributed by atoms with E-state index in [1.165, 1.54) is 0 Å². The average Bonchev–Trinajstić information content (AvgIpc) is 2.53. The van der Waals surface area contributed by atoms with Crippen LogP contribution in [0.1, 0.15) is 25.3 Å². The zero-order chi connectivity index (χ0) is 15.3.